The Bertz CT molecular complexity index is 544. The second kappa shape index (κ2) is 9.20. The molecular weight excluding hydrogens is 316 g/mol. The average molecular weight is 348 g/mol. The van der Waals surface area contributed by atoms with E-state index in [0.29, 0.717) is 12.5 Å². The summed E-state index contributed by atoms with van der Waals surface area (Å²) in [6.45, 7) is 3.88. The number of rotatable bonds is 8. The monoisotopic (exact) mass is 348 g/mol. The van der Waals surface area contributed by atoms with E-state index in [1.54, 1.807) is 7.11 Å². The maximum absolute atomic E-state index is 12.8. The highest BCUT2D eigenvalue weighted by Gasteiger charge is 2.41. The smallest absolute Gasteiger partial charge is 0.256 e. The first-order valence-electron chi connectivity index (χ1n) is 9.19. The van der Waals surface area contributed by atoms with Crippen LogP contribution >= 0.6 is 0 Å². The summed E-state index contributed by atoms with van der Waals surface area (Å²) in [6.07, 6.45) is 4.75. The molecule has 5 nitrogen and oxygen atoms in total. The molecular formula is C20H32N2O3. The molecule has 1 amide bonds. The van der Waals surface area contributed by atoms with Crippen molar-refractivity contribution in [1.82, 2.24) is 4.90 Å². The van der Waals surface area contributed by atoms with E-state index in [-0.39, 0.29) is 5.91 Å². The molecule has 1 N–H and O–H groups in total. The second-order valence-corrected chi connectivity index (χ2v) is 7.38. The Morgan fingerprint density at radius 3 is 2.64 bits per heavy atom. The van der Waals surface area contributed by atoms with E-state index in [1.165, 1.54) is 0 Å². The van der Waals surface area contributed by atoms with Crippen LogP contribution in [0.5, 0.6) is 5.75 Å². The Morgan fingerprint density at radius 2 is 2.04 bits per heavy atom. The van der Waals surface area contributed by atoms with Gasteiger partial charge < -0.3 is 19.7 Å². The van der Waals surface area contributed by atoms with Crippen molar-refractivity contribution in [3.8, 4) is 5.75 Å². The molecule has 0 radical (unpaired) electrons. The van der Waals surface area contributed by atoms with E-state index in [2.05, 4.69) is 31.2 Å². The SMILES string of the molecule is CO[C@@]1(C(=O)Nc2ccc(OCCCN(C)C)cc2)CCC[C@H](C)C1. The van der Waals surface area contributed by atoms with Crippen LogP contribution in [0.4, 0.5) is 5.69 Å². The number of hydrogen-bond donors (Lipinski definition) is 1. The zero-order chi connectivity index (χ0) is 18.3. The van der Waals surface area contributed by atoms with Gasteiger partial charge in [0.2, 0.25) is 0 Å². The van der Waals surface area contributed by atoms with Gasteiger partial charge in [-0.1, -0.05) is 13.3 Å². The normalized spacial score (nSPS) is 23.5. The summed E-state index contributed by atoms with van der Waals surface area (Å²) in [5.74, 6) is 1.29. The van der Waals surface area contributed by atoms with Gasteiger partial charge in [-0.3, -0.25) is 4.79 Å². The molecule has 1 aliphatic carbocycles. The van der Waals surface area contributed by atoms with Crippen LogP contribution in [0.1, 0.15) is 39.0 Å². The Hall–Kier alpha value is -1.59. The Balaban J connectivity index is 1.88. The van der Waals surface area contributed by atoms with Crippen molar-refractivity contribution in [2.45, 2.75) is 44.6 Å². The van der Waals surface area contributed by atoms with Crippen molar-refractivity contribution in [2.75, 3.05) is 39.7 Å². The number of methoxy groups -OCH3 is 1. The molecule has 0 unspecified atom stereocenters. The van der Waals surface area contributed by atoms with Gasteiger partial charge >= 0.3 is 0 Å². The van der Waals surface area contributed by atoms with Gasteiger partial charge in [0.15, 0.2) is 0 Å². The summed E-state index contributed by atoms with van der Waals surface area (Å²) < 4.78 is 11.4. The van der Waals surface area contributed by atoms with Crippen LogP contribution in [-0.2, 0) is 9.53 Å². The van der Waals surface area contributed by atoms with Gasteiger partial charge in [0.1, 0.15) is 11.4 Å². The quantitative estimate of drug-likeness (QED) is 0.730. The number of carbonyl (C=O) groups excluding carboxylic acids is 1. The van der Waals surface area contributed by atoms with Gasteiger partial charge in [0, 0.05) is 19.3 Å². The average Bonchev–Trinajstić information content (AvgIpc) is 2.59. The highest BCUT2D eigenvalue weighted by molar-refractivity contribution is 5.97. The summed E-state index contributed by atoms with van der Waals surface area (Å²) in [7, 11) is 5.75. The first-order chi connectivity index (χ1) is 11.9. The summed E-state index contributed by atoms with van der Waals surface area (Å²) >= 11 is 0. The van der Waals surface area contributed by atoms with Crippen LogP contribution < -0.4 is 10.1 Å². The van der Waals surface area contributed by atoms with Crippen LogP contribution in [0, 0.1) is 5.92 Å². The van der Waals surface area contributed by atoms with E-state index >= 15 is 0 Å². The van der Waals surface area contributed by atoms with Crippen molar-refractivity contribution in [3.63, 3.8) is 0 Å². The summed E-state index contributed by atoms with van der Waals surface area (Å²) in [4.78, 5) is 14.9. The van der Waals surface area contributed by atoms with Crippen molar-refractivity contribution >= 4 is 11.6 Å². The topological polar surface area (TPSA) is 50.8 Å². The van der Waals surface area contributed by atoms with Gasteiger partial charge in [-0.05, 0) is 70.0 Å². The number of carbonyl (C=O) groups is 1. The minimum Gasteiger partial charge on any atom is -0.494 e. The molecule has 2 rings (SSSR count). The standard InChI is InChI=1S/C20H32N2O3/c1-16-7-5-12-20(15-16,24-4)19(23)21-17-8-10-18(11-9-17)25-14-6-13-22(2)3/h8-11,16H,5-7,12-15H2,1-4H3,(H,21,23)/t16-,20-/m0/s1. The lowest BCUT2D eigenvalue weighted by Gasteiger charge is -2.37. The summed E-state index contributed by atoms with van der Waals surface area (Å²) in [5.41, 5.74) is 0.0826. The Kier molecular flexibility index (Phi) is 7.26. The van der Waals surface area contributed by atoms with Gasteiger partial charge in [-0.25, -0.2) is 0 Å². The predicted molar refractivity (Wildman–Crippen MR) is 101 cm³/mol. The molecule has 25 heavy (non-hydrogen) atoms. The number of benzene rings is 1. The molecule has 5 heteroatoms. The van der Waals surface area contributed by atoms with E-state index < -0.39 is 5.60 Å². The van der Waals surface area contributed by atoms with Gasteiger partial charge in [-0.2, -0.15) is 0 Å². The third kappa shape index (κ3) is 5.72. The van der Waals surface area contributed by atoms with E-state index in [4.69, 9.17) is 9.47 Å². The molecule has 1 fully saturated rings. The predicted octanol–water partition coefficient (Wildman–Crippen LogP) is 3.55. The van der Waals surface area contributed by atoms with Crippen molar-refractivity contribution in [2.24, 2.45) is 5.92 Å². The first kappa shape index (κ1) is 19.7. The molecule has 0 spiro atoms. The molecule has 1 saturated carbocycles. The maximum Gasteiger partial charge on any atom is 0.256 e. The molecule has 0 aromatic heterocycles. The highest BCUT2D eigenvalue weighted by atomic mass is 16.5. The zero-order valence-corrected chi connectivity index (χ0v) is 16.0. The van der Waals surface area contributed by atoms with Crippen LogP contribution in [0.2, 0.25) is 0 Å². The second-order valence-electron chi connectivity index (χ2n) is 7.38. The number of ether oxygens (including phenoxy) is 2. The fourth-order valence-electron chi connectivity index (χ4n) is 3.44. The van der Waals surface area contributed by atoms with Gasteiger partial charge in [0.25, 0.3) is 5.91 Å². The van der Waals surface area contributed by atoms with Crippen LogP contribution in [-0.4, -0.2) is 50.8 Å². The van der Waals surface area contributed by atoms with Gasteiger partial charge in [-0.15, -0.1) is 0 Å². The molecule has 1 aromatic carbocycles. The molecule has 0 saturated heterocycles. The van der Waals surface area contributed by atoms with Crippen molar-refractivity contribution < 1.29 is 14.3 Å². The van der Waals surface area contributed by atoms with Crippen LogP contribution in [0.15, 0.2) is 24.3 Å². The lowest BCUT2D eigenvalue weighted by Crippen LogP contribution is -2.47. The third-order valence-electron chi connectivity index (χ3n) is 4.89. The zero-order valence-electron chi connectivity index (χ0n) is 16.0. The maximum atomic E-state index is 12.8. The number of nitrogens with one attached hydrogen (secondary N) is 1. The molecule has 0 heterocycles. The Labute approximate surface area is 151 Å². The molecule has 1 aliphatic rings. The van der Waals surface area contributed by atoms with E-state index in [1.807, 2.05) is 24.3 Å². The molecule has 0 bridgehead atoms. The first-order valence-corrected chi connectivity index (χ1v) is 9.19. The lowest BCUT2D eigenvalue weighted by molar-refractivity contribution is -0.143. The van der Waals surface area contributed by atoms with Crippen LogP contribution in [0.25, 0.3) is 0 Å². The minimum absolute atomic E-state index is 0.0406. The van der Waals surface area contributed by atoms with Crippen molar-refractivity contribution in [3.05, 3.63) is 24.3 Å². The summed E-state index contributed by atoms with van der Waals surface area (Å²) in [6, 6.07) is 7.56. The molecule has 140 valence electrons. The van der Waals surface area contributed by atoms with Crippen molar-refractivity contribution in [1.29, 1.82) is 0 Å². The largest absolute Gasteiger partial charge is 0.494 e. The molecule has 1 aromatic rings. The number of amides is 1. The van der Waals surface area contributed by atoms with E-state index in [0.717, 1.165) is 50.1 Å². The lowest BCUT2D eigenvalue weighted by atomic mass is 9.78. The fraction of sp³-hybridized carbons (Fsp3) is 0.650. The minimum atomic E-state index is -0.695. The van der Waals surface area contributed by atoms with Crippen LogP contribution in [0.3, 0.4) is 0 Å². The molecule has 2 atom stereocenters. The fourth-order valence-corrected chi connectivity index (χ4v) is 3.44. The molecule has 0 aliphatic heterocycles. The van der Waals surface area contributed by atoms with E-state index in [9.17, 15) is 4.79 Å². The number of anilines is 1. The third-order valence-corrected chi connectivity index (χ3v) is 4.89. The highest BCUT2D eigenvalue weighted by Crippen LogP contribution is 2.35. The van der Waals surface area contributed by atoms with Gasteiger partial charge in [0.05, 0.1) is 6.61 Å². The Morgan fingerprint density at radius 1 is 1.32 bits per heavy atom. The number of hydrogen-bond acceptors (Lipinski definition) is 4. The number of nitrogens with zero attached hydrogens (tertiary/aromatic N) is 1. The summed E-state index contributed by atoms with van der Waals surface area (Å²) in [5, 5.41) is 3.01.